The van der Waals surface area contributed by atoms with Crippen molar-refractivity contribution in [1.82, 2.24) is 9.97 Å². The number of rotatable bonds is 4. The highest BCUT2D eigenvalue weighted by molar-refractivity contribution is 14.1. The predicted octanol–water partition coefficient (Wildman–Crippen LogP) is 4.27. The third-order valence-electron chi connectivity index (χ3n) is 2.59. The third-order valence-corrected chi connectivity index (χ3v) is 4.20. The van der Waals surface area contributed by atoms with Crippen LogP contribution in [0.3, 0.4) is 0 Å². The Bertz CT molecular complexity index is 580. The fourth-order valence-corrected chi connectivity index (χ4v) is 3.06. The molecule has 0 saturated carbocycles. The van der Waals surface area contributed by atoms with Crippen LogP contribution in [0.5, 0.6) is 5.88 Å². The van der Waals surface area contributed by atoms with Crippen LogP contribution in [-0.2, 0) is 6.42 Å². The maximum absolute atomic E-state index is 6.45. The van der Waals surface area contributed by atoms with Crippen LogP contribution in [-0.4, -0.2) is 17.1 Å². The van der Waals surface area contributed by atoms with Crippen molar-refractivity contribution in [1.29, 1.82) is 0 Å². The summed E-state index contributed by atoms with van der Waals surface area (Å²) in [5, 5.41) is 0.492. The second-order valence-corrected chi connectivity index (χ2v) is 6.01. The summed E-state index contributed by atoms with van der Waals surface area (Å²) in [7, 11) is 1.57. The largest absolute Gasteiger partial charge is 0.481 e. The molecule has 2 rings (SSSR count). The van der Waals surface area contributed by atoms with Crippen LogP contribution >= 0.6 is 45.8 Å². The van der Waals surface area contributed by atoms with Gasteiger partial charge in [-0.05, 0) is 46.4 Å². The third kappa shape index (κ3) is 3.94. The van der Waals surface area contributed by atoms with E-state index in [9.17, 15) is 0 Å². The minimum atomic E-state index is -0.190. The van der Waals surface area contributed by atoms with Gasteiger partial charge >= 0.3 is 0 Å². The Morgan fingerprint density at radius 2 is 2.11 bits per heavy atom. The highest BCUT2D eigenvalue weighted by Crippen LogP contribution is 2.30. The lowest BCUT2D eigenvalue weighted by Gasteiger charge is -2.12. The van der Waals surface area contributed by atoms with E-state index in [2.05, 4.69) is 32.6 Å². The van der Waals surface area contributed by atoms with Gasteiger partial charge in [0.25, 0.3) is 0 Å². The Morgan fingerprint density at radius 3 is 2.84 bits per heavy atom. The zero-order valence-corrected chi connectivity index (χ0v) is 13.8. The first kappa shape index (κ1) is 14.8. The average Bonchev–Trinajstić information content (AvgIpc) is 2.41. The number of alkyl halides is 1. The average molecular weight is 409 g/mol. The Morgan fingerprint density at radius 1 is 1.32 bits per heavy atom. The number of halogens is 3. The lowest BCUT2D eigenvalue weighted by Crippen LogP contribution is -2.01. The number of ether oxygens (including phenoxy) is 1. The molecule has 1 aromatic heterocycles. The van der Waals surface area contributed by atoms with Gasteiger partial charge in [-0.3, -0.25) is 0 Å². The van der Waals surface area contributed by atoms with Crippen LogP contribution in [0.4, 0.5) is 0 Å². The molecule has 0 aliphatic heterocycles. The van der Waals surface area contributed by atoms with Crippen molar-refractivity contribution in [2.45, 2.75) is 11.8 Å². The van der Waals surface area contributed by atoms with E-state index in [0.717, 1.165) is 14.8 Å². The second-order valence-electron chi connectivity index (χ2n) is 3.89. The summed E-state index contributed by atoms with van der Waals surface area (Å²) in [4.78, 5) is 8.16. The summed E-state index contributed by atoms with van der Waals surface area (Å²) in [5.41, 5.74) is 1.84. The fourth-order valence-electron chi connectivity index (χ4n) is 1.65. The Kier molecular flexibility index (Phi) is 5.24. The van der Waals surface area contributed by atoms with E-state index in [1.165, 1.54) is 6.33 Å². The number of methoxy groups -OCH3 is 1. The van der Waals surface area contributed by atoms with Gasteiger partial charge in [-0.1, -0.05) is 11.6 Å². The first-order valence-electron chi connectivity index (χ1n) is 5.54. The van der Waals surface area contributed by atoms with Gasteiger partial charge in [-0.15, -0.1) is 11.6 Å². The second kappa shape index (κ2) is 6.72. The number of aromatic nitrogens is 2. The fraction of sp³-hybridized carbons (Fsp3) is 0.231. The Balaban J connectivity index is 2.20. The molecule has 0 fully saturated rings. The van der Waals surface area contributed by atoms with Crippen molar-refractivity contribution < 1.29 is 4.74 Å². The molecule has 0 spiro atoms. The summed E-state index contributed by atoms with van der Waals surface area (Å²) >= 11 is 14.7. The molecular weight excluding hydrogens is 398 g/mol. The quantitative estimate of drug-likeness (QED) is 0.559. The summed E-state index contributed by atoms with van der Waals surface area (Å²) in [5.74, 6) is 0.537. The predicted molar refractivity (Wildman–Crippen MR) is 85.1 cm³/mol. The van der Waals surface area contributed by atoms with E-state index in [0.29, 0.717) is 17.3 Å². The molecule has 1 unspecified atom stereocenters. The summed E-state index contributed by atoms with van der Waals surface area (Å²) < 4.78 is 6.15. The highest BCUT2D eigenvalue weighted by Gasteiger charge is 2.14. The van der Waals surface area contributed by atoms with E-state index in [-0.39, 0.29) is 5.38 Å². The minimum Gasteiger partial charge on any atom is -0.481 e. The van der Waals surface area contributed by atoms with E-state index in [4.69, 9.17) is 27.9 Å². The van der Waals surface area contributed by atoms with Crippen molar-refractivity contribution in [3.8, 4) is 5.88 Å². The maximum atomic E-state index is 6.45. The monoisotopic (exact) mass is 408 g/mol. The molecule has 1 aromatic carbocycles. The highest BCUT2D eigenvalue weighted by atomic mass is 127. The van der Waals surface area contributed by atoms with Crippen LogP contribution in [0.25, 0.3) is 0 Å². The van der Waals surface area contributed by atoms with Gasteiger partial charge in [0.2, 0.25) is 5.88 Å². The maximum Gasteiger partial charge on any atom is 0.216 e. The molecule has 1 atom stereocenters. The molecule has 0 N–H and O–H groups in total. The van der Waals surface area contributed by atoms with Gasteiger partial charge in [-0.2, -0.15) is 0 Å². The van der Waals surface area contributed by atoms with Gasteiger partial charge < -0.3 is 4.74 Å². The van der Waals surface area contributed by atoms with Crippen LogP contribution in [0, 0.1) is 3.57 Å². The molecule has 6 heteroatoms. The van der Waals surface area contributed by atoms with Gasteiger partial charge in [0.1, 0.15) is 6.33 Å². The summed E-state index contributed by atoms with van der Waals surface area (Å²) in [6, 6.07) is 7.48. The Labute approximate surface area is 135 Å². The number of benzene rings is 1. The van der Waals surface area contributed by atoms with Crippen molar-refractivity contribution in [2.24, 2.45) is 0 Å². The molecule has 0 radical (unpaired) electrons. The lowest BCUT2D eigenvalue weighted by atomic mass is 10.1. The first-order chi connectivity index (χ1) is 9.10. The summed E-state index contributed by atoms with van der Waals surface area (Å²) in [6.07, 6.45) is 2.07. The van der Waals surface area contributed by atoms with Gasteiger partial charge in [0, 0.05) is 26.8 Å². The normalized spacial score (nSPS) is 12.2. The van der Waals surface area contributed by atoms with Crippen LogP contribution < -0.4 is 4.74 Å². The van der Waals surface area contributed by atoms with Crippen molar-refractivity contribution in [3.63, 3.8) is 0 Å². The first-order valence-corrected chi connectivity index (χ1v) is 7.43. The topological polar surface area (TPSA) is 35.0 Å². The van der Waals surface area contributed by atoms with Gasteiger partial charge in [0.05, 0.1) is 12.5 Å². The molecule has 19 heavy (non-hydrogen) atoms. The minimum absolute atomic E-state index is 0.190. The molecule has 0 bridgehead atoms. The zero-order valence-electron chi connectivity index (χ0n) is 10.1. The van der Waals surface area contributed by atoms with E-state index < -0.39 is 0 Å². The number of nitrogens with zero attached hydrogens (tertiary/aromatic N) is 2. The molecule has 3 nitrogen and oxygen atoms in total. The summed E-state index contributed by atoms with van der Waals surface area (Å²) in [6.45, 7) is 0. The number of hydrogen-bond acceptors (Lipinski definition) is 3. The van der Waals surface area contributed by atoms with E-state index in [1.807, 2.05) is 18.2 Å². The molecule has 0 aliphatic rings. The van der Waals surface area contributed by atoms with Crippen LogP contribution in [0.1, 0.15) is 16.6 Å². The molecular formula is C13H11Cl2IN2O. The smallest absolute Gasteiger partial charge is 0.216 e. The van der Waals surface area contributed by atoms with Crippen molar-refractivity contribution in [2.75, 3.05) is 7.11 Å². The molecule has 0 aliphatic carbocycles. The number of hydrogen-bond donors (Lipinski definition) is 0. The molecule has 1 heterocycles. The van der Waals surface area contributed by atoms with Crippen LogP contribution in [0.15, 0.2) is 30.6 Å². The standard InChI is InChI=1S/C13H11Cl2IN2O/c1-19-13-6-9(17-7-18-13)5-11(15)10-4-8(14)2-3-12(10)16/h2-4,6-7,11H,5H2,1H3. The lowest BCUT2D eigenvalue weighted by molar-refractivity contribution is 0.396. The van der Waals surface area contributed by atoms with Crippen molar-refractivity contribution in [3.05, 3.63) is 50.4 Å². The van der Waals surface area contributed by atoms with E-state index >= 15 is 0 Å². The SMILES string of the molecule is COc1cc(CC(Cl)c2cc(Cl)ccc2I)ncn1. The van der Waals surface area contributed by atoms with E-state index in [1.54, 1.807) is 13.2 Å². The molecule has 2 aromatic rings. The van der Waals surface area contributed by atoms with Crippen LogP contribution in [0.2, 0.25) is 5.02 Å². The molecule has 0 saturated heterocycles. The Hall–Kier alpha value is -0.590. The zero-order chi connectivity index (χ0) is 13.8. The molecule has 100 valence electrons. The van der Waals surface area contributed by atoms with Gasteiger partial charge in [-0.25, -0.2) is 9.97 Å². The van der Waals surface area contributed by atoms with Gasteiger partial charge in [0.15, 0.2) is 0 Å². The molecule has 0 amide bonds. The van der Waals surface area contributed by atoms with Crippen molar-refractivity contribution >= 4 is 45.8 Å².